The Morgan fingerprint density at radius 3 is 2.85 bits per heavy atom. The molecule has 2 aromatic heterocycles. The molecule has 1 unspecified atom stereocenters. The van der Waals surface area contributed by atoms with Crippen LogP contribution in [-0.4, -0.2) is 50.7 Å². The molecule has 10 heteroatoms. The van der Waals surface area contributed by atoms with Crippen LogP contribution in [0.2, 0.25) is 0 Å². The highest BCUT2D eigenvalue weighted by atomic mass is 19.4. The molecule has 3 rings (SSSR count). The van der Waals surface area contributed by atoms with Crippen LogP contribution >= 0.6 is 0 Å². The number of nitrogens with zero attached hydrogens (tertiary/aromatic N) is 6. The zero-order chi connectivity index (χ0) is 19.4. The number of ether oxygens (including phenoxy) is 1. The summed E-state index contributed by atoms with van der Waals surface area (Å²) in [6, 6.07) is 1.49. The molecule has 1 fully saturated rings. The largest absolute Gasteiger partial charge is 0.408 e. The number of anilines is 1. The molecule has 7 nitrogen and oxygen atoms in total. The maximum absolute atomic E-state index is 12.6. The van der Waals surface area contributed by atoms with Gasteiger partial charge in [-0.2, -0.15) is 18.3 Å². The Kier molecular flexibility index (Phi) is 5.93. The summed E-state index contributed by atoms with van der Waals surface area (Å²) in [5.74, 6) is 1.80. The summed E-state index contributed by atoms with van der Waals surface area (Å²) < 4.78 is 44.1. The van der Waals surface area contributed by atoms with E-state index in [9.17, 15) is 13.2 Å². The molecule has 0 aromatic carbocycles. The van der Waals surface area contributed by atoms with Crippen LogP contribution < -0.4 is 4.90 Å². The van der Waals surface area contributed by atoms with Crippen LogP contribution in [-0.2, 0) is 17.7 Å². The number of aromatic nitrogens is 5. The van der Waals surface area contributed by atoms with Gasteiger partial charge >= 0.3 is 6.18 Å². The fourth-order valence-corrected chi connectivity index (χ4v) is 3.02. The first-order valence-electron chi connectivity index (χ1n) is 9.01. The number of alkyl halides is 3. The Labute approximate surface area is 155 Å². The maximum Gasteiger partial charge on any atom is 0.408 e. The number of unbranched alkanes of at least 4 members (excludes halogenated alkanes) is 1. The van der Waals surface area contributed by atoms with E-state index in [1.807, 2.05) is 17.9 Å². The normalized spacial score (nSPS) is 18.1. The van der Waals surface area contributed by atoms with Gasteiger partial charge in [-0.3, -0.25) is 0 Å². The number of hydrogen-bond donors (Lipinski definition) is 0. The van der Waals surface area contributed by atoms with Crippen molar-refractivity contribution in [1.82, 2.24) is 24.7 Å². The van der Waals surface area contributed by atoms with Crippen molar-refractivity contribution >= 4 is 5.82 Å². The first-order valence-corrected chi connectivity index (χ1v) is 9.01. The summed E-state index contributed by atoms with van der Waals surface area (Å²) in [5, 5.41) is 4.01. The molecule has 1 aliphatic heterocycles. The fourth-order valence-electron chi connectivity index (χ4n) is 3.02. The van der Waals surface area contributed by atoms with Crippen molar-refractivity contribution in [2.45, 2.75) is 51.9 Å². The molecule has 0 amide bonds. The lowest BCUT2D eigenvalue weighted by Crippen LogP contribution is -2.41. The molecule has 0 aliphatic carbocycles. The van der Waals surface area contributed by atoms with E-state index in [-0.39, 0.29) is 6.04 Å². The quantitative estimate of drug-likeness (QED) is 0.763. The minimum Gasteiger partial charge on any atom is -0.377 e. The molecule has 2 aromatic rings. The van der Waals surface area contributed by atoms with E-state index in [1.54, 1.807) is 0 Å². The molecule has 0 radical (unpaired) electrons. The minimum absolute atomic E-state index is 0.295. The van der Waals surface area contributed by atoms with Gasteiger partial charge in [0.25, 0.3) is 0 Å². The number of halogens is 3. The summed E-state index contributed by atoms with van der Waals surface area (Å²) in [5.41, 5.74) is 0.854. The second-order valence-corrected chi connectivity index (χ2v) is 6.59. The van der Waals surface area contributed by atoms with E-state index in [2.05, 4.69) is 27.0 Å². The average molecular weight is 384 g/mol. The number of rotatable bonds is 6. The Balaban J connectivity index is 1.85. The third-order valence-electron chi connectivity index (χ3n) is 4.26. The summed E-state index contributed by atoms with van der Waals surface area (Å²) in [6.07, 6.45) is -0.399. The predicted molar refractivity (Wildman–Crippen MR) is 92.4 cm³/mol. The highest BCUT2D eigenvalue weighted by Crippen LogP contribution is 2.27. The summed E-state index contributed by atoms with van der Waals surface area (Å²) in [6.45, 7) is 4.21. The Morgan fingerprint density at radius 2 is 2.11 bits per heavy atom. The van der Waals surface area contributed by atoms with Gasteiger partial charge in [-0.1, -0.05) is 13.3 Å². The third kappa shape index (κ3) is 5.15. The van der Waals surface area contributed by atoms with Crippen LogP contribution in [0.1, 0.15) is 43.1 Å². The standard InChI is InChI=1S/C17H23F3N6O/c1-3-4-5-14-22-12(2)8-15(23-14)26-6-7-27-9-13(26)16-21-11-25(24-16)10-17(18,19)20/h8,11,13H,3-7,9-10H2,1-2H3. The molecular weight excluding hydrogens is 361 g/mol. The van der Waals surface area contributed by atoms with E-state index < -0.39 is 12.7 Å². The molecule has 0 spiro atoms. The van der Waals surface area contributed by atoms with Crippen molar-refractivity contribution in [3.05, 3.63) is 29.7 Å². The van der Waals surface area contributed by atoms with Gasteiger partial charge < -0.3 is 9.64 Å². The van der Waals surface area contributed by atoms with E-state index in [0.29, 0.717) is 25.6 Å². The van der Waals surface area contributed by atoms with Gasteiger partial charge in [-0.25, -0.2) is 19.6 Å². The highest BCUT2D eigenvalue weighted by molar-refractivity contribution is 5.42. The molecule has 1 atom stereocenters. The lowest BCUT2D eigenvalue weighted by atomic mass is 10.2. The zero-order valence-corrected chi connectivity index (χ0v) is 15.4. The Morgan fingerprint density at radius 1 is 1.30 bits per heavy atom. The van der Waals surface area contributed by atoms with Gasteiger partial charge in [-0.05, 0) is 13.3 Å². The van der Waals surface area contributed by atoms with Crippen LogP contribution in [0, 0.1) is 6.92 Å². The van der Waals surface area contributed by atoms with Crippen LogP contribution in [0.5, 0.6) is 0 Å². The molecule has 0 saturated carbocycles. The van der Waals surface area contributed by atoms with Crippen molar-refractivity contribution in [3.63, 3.8) is 0 Å². The average Bonchev–Trinajstić information content (AvgIpc) is 3.06. The predicted octanol–water partition coefficient (Wildman–Crippen LogP) is 2.86. The van der Waals surface area contributed by atoms with Gasteiger partial charge in [0, 0.05) is 24.7 Å². The lowest BCUT2D eigenvalue weighted by molar-refractivity contribution is -0.142. The molecule has 3 heterocycles. The number of hydrogen-bond acceptors (Lipinski definition) is 6. The first-order chi connectivity index (χ1) is 12.9. The van der Waals surface area contributed by atoms with Crippen molar-refractivity contribution < 1.29 is 17.9 Å². The third-order valence-corrected chi connectivity index (χ3v) is 4.26. The van der Waals surface area contributed by atoms with Gasteiger partial charge in [0.2, 0.25) is 0 Å². The monoisotopic (exact) mass is 384 g/mol. The van der Waals surface area contributed by atoms with E-state index >= 15 is 0 Å². The smallest absolute Gasteiger partial charge is 0.377 e. The summed E-state index contributed by atoms with van der Waals surface area (Å²) in [7, 11) is 0. The van der Waals surface area contributed by atoms with Crippen molar-refractivity contribution in [2.24, 2.45) is 0 Å². The fraction of sp³-hybridized carbons (Fsp3) is 0.647. The van der Waals surface area contributed by atoms with Gasteiger partial charge in [0.1, 0.15) is 30.6 Å². The minimum atomic E-state index is -4.34. The molecule has 0 bridgehead atoms. The van der Waals surface area contributed by atoms with Crippen LogP contribution in [0.3, 0.4) is 0 Å². The Hall–Kier alpha value is -2.23. The second-order valence-electron chi connectivity index (χ2n) is 6.59. The zero-order valence-electron chi connectivity index (χ0n) is 15.4. The van der Waals surface area contributed by atoms with E-state index in [1.165, 1.54) is 0 Å². The van der Waals surface area contributed by atoms with Crippen LogP contribution in [0.25, 0.3) is 0 Å². The van der Waals surface area contributed by atoms with Crippen molar-refractivity contribution in [3.8, 4) is 0 Å². The van der Waals surface area contributed by atoms with Crippen LogP contribution in [0.15, 0.2) is 12.4 Å². The molecule has 1 aliphatic rings. The van der Waals surface area contributed by atoms with Crippen molar-refractivity contribution in [1.29, 1.82) is 0 Å². The van der Waals surface area contributed by atoms with Crippen molar-refractivity contribution in [2.75, 3.05) is 24.7 Å². The highest BCUT2D eigenvalue weighted by Gasteiger charge is 2.32. The first kappa shape index (κ1) is 19.5. The Bertz CT molecular complexity index is 763. The summed E-state index contributed by atoms with van der Waals surface area (Å²) in [4.78, 5) is 15.2. The second kappa shape index (κ2) is 8.20. The molecule has 148 valence electrons. The topological polar surface area (TPSA) is 69.0 Å². The molecule has 1 saturated heterocycles. The van der Waals surface area contributed by atoms with E-state index in [4.69, 9.17) is 4.74 Å². The SMILES string of the molecule is CCCCc1nc(C)cc(N2CCOCC2c2ncn(CC(F)(F)F)n2)n1. The van der Waals surface area contributed by atoms with Gasteiger partial charge in [-0.15, -0.1) is 0 Å². The van der Waals surface area contributed by atoms with E-state index in [0.717, 1.165) is 47.6 Å². The van der Waals surface area contributed by atoms with Crippen LogP contribution in [0.4, 0.5) is 19.0 Å². The lowest BCUT2D eigenvalue weighted by Gasteiger charge is -2.35. The number of morpholine rings is 1. The molecule has 0 N–H and O–H groups in total. The molecule has 27 heavy (non-hydrogen) atoms. The maximum atomic E-state index is 12.6. The summed E-state index contributed by atoms with van der Waals surface area (Å²) >= 11 is 0. The molecular formula is C17H23F3N6O. The van der Waals surface area contributed by atoms with Gasteiger partial charge in [0.05, 0.1) is 13.2 Å². The van der Waals surface area contributed by atoms with Gasteiger partial charge in [0.15, 0.2) is 5.82 Å². The number of aryl methyl sites for hydroxylation is 2.